The number of hydrogen-bond acceptors (Lipinski definition) is 4. The van der Waals surface area contributed by atoms with Crippen LogP contribution in [0.3, 0.4) is 0 Å². The second kappa shape index (κ2) is 7.38. The highest BCUT2D eigenvalue weighted by Crippen LogP contribution is 2.26. The molecule has 4 nitrogen and oxygen atoms in total. The lowest BCUT2D eigenvalue weighted by molar-refractivity contribution is -0.0471. The van der Waals surface area contributed by atoms with Crippen molar-refractivity contribution < 1.29 is 0 Å². The fourth-order valence-electron chi connectivity index (χ4n) is 4.88. The molecule has 0 unspecified atom stereocenters. The van der Waals surface area contributed by atoms with Gasteiger partial charge >= 0.3 is 0 Å². The summed E-state index contributed by atoms with van der Waals surface area (Å²) in [5, 5.41) is 0. The summed E-state index contributed by atoms with van der Waals surface area (Å²) in [6.07, 6.45) is 2.75. The molecular formula is C19H38N4. The van der Waals surface area contributed by atoms with E-state index in [0.29, 0.717) is 12.1 Å². The summed E-state index contributed by atoms with van der Waals surface area (Å²) in [6, 6.07) is 3.81. The minimum Gasteiger partial charge on any atom is -0.301 e. The average molecular weight is 323 g/mol. The van der Waals surface area contributed by atoms with Crippen molar-refractivity contribution in [2.45, 2.75) is 77.7 Å². The average Bonchev–Trinajstić information content (AvgIpc) is 2.46. The molecule has 3 saturated heterocycles. The molecular weight excluding hydrogens is 284 g/mol. The van der Waals surface area contributed by atoms with Crippen LogP contribution in [-0.2, 0) is 0 Å². The minimum absolute atomic E-state index is 0.691. The third-order valence-corrected chi connectivity index (χ3v) is 6.53. The summed E-state index contributed by atoms with van der Waals surface area (Å²) < 4.78 is 0. The first-order chi connectivity index (χ1) is 11.0. The topological polar surface area (TPSA) is 13.0 Å². The molecule has 0 amide bonds. The lowest BCUT2D eigenvalue weighted by Crippen LogP contribution is -2.67. The standard InChI is InChI=1S/C19H38N4/c1-15(2)20-8-6-18(7-9-20)22-13-19(14-22)21-10-11-23(16(3)4)17(5)12-21/h15-19H,6-14H2,1-5H3/t17-/m0/s1. The monoisotopic (exact) mass is 322 g/mol. The van der Waals surface area contributed by atoms with E-state index in [0.717, 1.165) is 18.1 Å². The number of nitrogens with zero attached hydrogens (tertiary/aromatic N) is 4. The van der Waals surface area contributed by atoms with E-state index in [9.17, 15) is 0 Å². The molecule has 134 valence electrons. The first kappa shape index (κ1) is 17.7. The zero-order chi connectivity index (χ0) is 16.6. The van der Waals surface area contributed by atoms with Gasteiger partial charge in [0.25, 0.3) is 0 Å². The van der Waals surface area contributed by atoms with E-state index in [4.69, 9.17) is 0 Å². The molecule has 3 fully saturated rings. The molecule has 3 rings (SSSR count). The van der Waals surface area contributed by atoms with Gasteiger partial charge in [-0.1, -0.05) is 0 Å². The van der Waals surface area contributed by atoms with E-state index >= 15 is 0 Å². The molecule has 0 aromatic carbocycles. The summed E-state index contributed by atoms with van der Waals surface area (Å²) in [7, 11) is 0. The van der Waals surface area contributed by atoms with Crippen molar-refractivity contribution in [1.82, 2.24) is 19.6 Å². The maximum absolute atomic E-state index is 2.77. The molecule has 0 spiro atoms. The maximum atomic E-state index is 2.77. The summed E-state index contributed by atoms with van der Waals surface area (Å²) in [5.41, 5.74) is 0. The fraction of sp³-hybridized carbons (Fsp3) is 1.00. The molecule has 0 aromatic rings. The maximum Gasteiger partial charge on any atom is 0.0351 e. The van der Waals surface area contributed by atoms with E-state index in [1.54, 1.807) is 0 Å². The Labute approximate surface area is 143 Å². The van der Waals surface area contributed by atoms with Gasteiger partial charge in [0.15, 0.2) is 0 Å². The van der Waals surface area contributed by atoms with Crippen LogP contribution < -0.4 is 0 Å². The van der Waals surface area contributed by atoms with Crippen molar-refractivity contribution in [3.05, 3.63) is 0 Å². The molecule has 0 N–H and O–H groups in total. The molecule has 0 bridgehead atoms. The number of rotatable bonds is 4. The number of hydrogen-bond donors (Lipinski definition) is 0. The summed E-state index contributed by atoms with van der Waals surface area (Å²) in [4.78, 5) is 10.8. The predicted molar refractivity (Wildman–Crippen MR) is 98.0 cm³/mol. The lowest BCUT2D eigenvalue weighted by Gasteiger charge is -2.53. The molecule has 0 saturated carbocycles. The Balaban J connectivity index is 1.40. The smallest absolute Gasteiger partial charge is 0.0351 e. The Morgan fingerprint density at radius 2 is 1.35 bits per heavy atom. The molecule has 0 radical (unpaired) electrons. The van der Waals surface area contributed by atoms with E-state index in [2.05, 4.69) is 54.2 Å². The van der Waals surface area contributed by atoms with Gasteiger partial charge in [0.05, 0.1) is 0 Å². The van der Waals surface area contributed by atoms with E-state index in [-0.39, 0.29) is 0 Å². The first-order valence-corrected chi connectivity index (χ1v) is 9.93. The molecule has 0 aromatic heterocycles. The summed E-state index contributed by atoms with van der Waals surface area (Å²) in [5.74, 6) is 0. The molecule has 3 heterocycles. The van der Waals surface area contributed by atoms with E-state index in [1.807, 2.05) is 0 Å². The summed E-state index contributed by atoms with van der Waals surface area (Å²) >= 11 is 0. The van der Waals surface area contributed by atoms with Gasteiger partial charge in [0.2, 0.25) is 0 Å². The van der Waals surface area contributed by atoms with Crippen LogP contribution in [0.25, 0.3) is 0 Å². The van der Waals surface area contributed by atoms with Gasteiger partial charge in [-0.05, 0) is 60.5 Å². The van der Waals surface area contributed by atoms with Crippen molar-refractivity contribution in [1.29, 1.82) is 0 Å². The molecule has 3 aliphatic rings. The van der Waals surface area contributed by atoms with Gasteiger partial charge in [-0.3, -0.25) is 14.7 Å². The number of piperidine rings is 1. The highest BCUT2D eigenvalue weighted by Gasteiger charge is 2.39. The second-order valence-electron chi connectivity index (χ2n) is 8.64. The van der Waals surface area contributed by atoms with E-state index < -0.39 is 0 Å². The van der Waals surface area contributed by atoms with Crippen molar-refractivity contribution in [2.75, 3.05) is 45.8 Å². The van der Waals surface area contributed by atoms with Crippen LogP contribution in [0.15, 0.2) is 0 Å². The van der Waals surface area contributed by atoms with Crippen LogP contribution in [0.4, 0.5) is 0 Å². The third kappa shape index (κ3) is 3.92. The van der Waals surface area contributed by atoms with Gasteiger partial charge < -0.3 is 4.90 Å². The predicted octanol–water partition coefficient (Wildman–Crippen LogP) is 1.96. The quantitative estimate of drug-likeness (QED) is 0.784. The normalized spacial score (nSPS) is 31.2. The minimum atomic E-state index is 0.691. The Morgan fingerprint density at radius 3 is 1.87 bits per heavy atom. The number of likely N-dealkylation sites (tertiary alicyclic amines) is 2. The Bertz CT molecular complexity index is 370. The van der Waals surface area contributed by atoms with E-state index in [1.165, 1.54) is 58.7 Å². The van der Waals surface area contributed by atoms with Gasteiger partial charge in [0.1, 0.15) is 0 Å². The summed E-state index contributed by atoms with van der Waals surface area (Å²) in [6.45, 7) is 20.8. The van der Waals surface area contributed by atoms with Gasteiger partial charge in [-0.15, -0.1) is 0 Å². The lowest BCUT2D eigenvalue weighted by atomic mass is 9.95. The fourth-order valence-corrected chi connectivity index (χ4v) is 4.88. The van der Waals surface area contributed by atoms with Crippen LogP contribution in [0.5, 0.6) is 0 Å². The SMILES string of the molecule is CC(C)N1CCC(N2CC(N3CCN(C(C)C)[C@@H](C)C3)C2)CC1. The molecule has 1 atom stereocenters. The van der Waals surface area contributed by atoms with Crippen LogP contribution in [0.2, 0.25) is 0 Å². The number of piperazine rings is 1. The van der Waals surface area contributed by atoms with Gasteiger partial charge in [-0.2, -0.15) is 0 Å². The van der Waals surface area contributed by atoms with Gasteiger partial charge in [0, 0.05) is 62.9 Å². The van der Waals surface area contributed by atoms with Gasteiger partial charge in [-0.25, -0.2) is 0 Å². The largest absolute Gasteiger partial charge is 0.301 e. The van der Waals surface area contributed by atoms with Crippen molar-refractivity contribution >= 4 is 0 Å². The Hall–Kier alpha value is -0.160. The second-order valence-corrected chi connectivity index (χ2v) is 8.64. The molecule has 3 aliphatic heterocycles. The van der Waals surface area contributed by atoms with Crippen molar-refractivity contribution in [2.24, 2.45) is 0 Å². The molecule has 4 heteroatoms. The van der Waals surface area contributed by atoms with Crippen LogP contribution in [0, 0.1) is 0 Å². The van der Waals surface area contributed by atoms with Crippen LogP contribution in [-0.4, -0.2) is 95.6 Å². The third-order valence-electron chi connectivity index (χ3n) is 6.53. The zero-order valence-corrected chi connectivity index (χ0v) is 16.0. The Morgan fingerprint density at radius 1 is 0.696 bits per heavy atom. The highest BCUT2D eigenvalue weighted by atomic mass is 15.4. The first-order valence-electron chi connectivity index (χ1n) is 9.93. The van der Waals surface area contributed by atoms with Crippen molar-refractivity contribution in [3.8, 4) is 0 Å². The molecule has 0 aliphatic carbocycles. The van der Waals surface area contributed by atoms with Crippen molar-refractivity contribution in [3.63, 3.8) is 0 Å². The highest BCUT2D eigenvalue weighted by molar-refractivity contribution is 4.96. The Kier molecular flexibility index (Phi) is 5.67. The van der Waals surface area contributed by atoms with Crippen LogP contribution in [0.1, 0.15) is 47.5 Å². The zero-order valence-electron chi connectivity index (χ0n) is 16.0. The molecule has 23 heavy (non-hydrogen) atoms. The van der Waals surface area contributed by atoms with Crippen LogP contribution >= 0.6 is 0 Å².